The molecular weight excluding hydrogens is 234 g/mol. The molecule has 18 heavy (non-hydrogen) atoms. The van der Waals surface area contributed by atoms with Gasteiger partial charge in [-0.1, -0.05) is 19.8 Å². The number of aliphatic carboxylic acids is 1. The van der Waals surface area contributed by atoms with Crippen molar-refractivity contribution in [3.05, 3.63) is 0 Å². The van der Waals surface area contributed by atoms with Gasteiger partial charge in [0.05, 0.1) is 5.92 Å². The summed E-state index contributed by atoms with van der Waals surface area (Å²) in [6, 6.07) is -0.273. The zero-order valence-corrected chi connectivity index (χ0v) is 11.4. The third kappa shape index (κ3) is 3.22. The largest absolute Gasteiger partial charge is 0.481 e. The van der Waals surface area contributed by atoms with Gasteiger partial charge in [-0.25, -0.2) is 0 Å². The summed E-state index contributed by atoms with van der Waals surface area (Å²) in [4.78, 5) is 23.3. The fourth-order valence-corrected chi connectivity index (χ4v) is 2.32. The summed E-state index contributed by atoms with van der Waals surface area (Å²) < 4.78 is 5.23. The van der Waals surface area contributed by atoms with Crippen LogP contribution in [0.15, 0.2) is 0 Å². The Balaban J connectivity index is 2.69. The maximum absolute atomic E-state index is 12.1. The van der Waals surface area contributed by atoms with E-state index in [0.717, 1.165) is 19.3 Å². The van der Waals surface area contributed by atoms with E-state index in [-0.39, 0.29) is 11.9 Å². The van der Waals surface area contributed by atoms with Crippen molar-refractivity contribution < 1.29 is 19.4 Å². The first-order chi connectivity index (χ1) is 8.44. The molecule has 0 spiro atoms. The Hall–Kier alpha value is -1.10. The monoisotopic (exact) mass is 257 g/mol. The van der Waals surface area contributed by atoms with Crippen molar-refractivity contribution in [2.45, 2.75) is 57.6 Å². The topological polar surface area (TPSA) is 75.6 Å². The number of hydrogen-bond donors (Lipinski definition) is 2. The number of methoxy groups -OCH3 is 1. The van der Waals surface area contributed by atoms with Crippen LogP contribution in [0.1, 0.15) is 46.0 Å². The van der Waals surface area contributed by atoms with Crippen LogP contribution in [0.5, 0.6) is 0 Å². The van der Waals surface area contributed by atoms with Crippen LogP contribution < -0.4 is 5.32 Å². The minimum Gasteiger partial charge on any atom is -0.481 e. The van der Waals surface area contributed by atoms with E-state index < -0.39 is 17.5 Å². The Kier molecular flexibility index (Phi) is 5.14. The van der Waals surface area contributed by atoms with E-state index in [9.17, 15) is 9.59 Å². The summed E-state index contributed by atoms with van der Waals surface area (Å²) in [5.41, 5.74) is -0.875. The molecular formula is C13H23NO4. The Labute approximate surface area is 108 Å². The molecule has 5 nitrogen and oxygen atoms in total. The van der Waals surface area contributed by atoms with E-state index in [1.807, 2.05) is 6.92 Å². The maximum atomic E-state index is 12.1. The van der Waals surface area contributed by atoms with E-state index in [0.29, 0.717) is 12.8 Å². The molecule has 0 aliphatic heterocycles. The van der Waals surface area contributed by atoms with Crippen molar-refractivity contribution in [2.24, 2.45) is 5.92 Å². The molecule has 1 rings (SSSR count). The van der Waals surface area contributed by atoms with Gasteiger partial charge in [0.1, 0.15) is 5.60 Å². The molecule has 0 saturated heterocycles. The smallest absolute Gasteiger partial charge is 0.308 e. The molecule has 0 aromatic rings. The minimum absolute atomic E-state index is 0.217. The highest BCUT2D eigenvalue weighted by Gasteiger charge is 2.37. The molecule has 104 valence electrons. The van der Waals surface area contributed by atoms with E-state index >= 15 is 0 Å². The van der Waals surface area contributed by atoms with Crippen LogP contribution in [-0.2, 0) is 14.3 Å². The number of hydrogen-bond acceptors (Lipinski definition) is 3. The van der Waals surface area contributed by atoms with Crippen molar-refractivity contribution >= 4 is 11.9 Å². The second-order valence-electron chi connectivity index (χ2n) is 5.10. The molecule has 3 unspecified atom stereocenters. The Morgan fingerprint density at radius 1 is 1.39 bits per heavy atom. The van der Waals surface area contributed by atoms with Crippen LogP contribution in [0, 0.1) is 5.92 Å². The van der Waals surface area contributed by atoms with Crippen molar-refractivity contribution in [3.8, 4) is 0 Å². The molecule has 3 atom stereocenters. The molecule has 1 amide bonds. The highest BCUT2D eigenvalue weighted by molar-refractivity contribution is 5.85. The van der Waals surface area contributed by atoms with Crippen LogP contribution in [0.4, 0.5) is 0 Å². The minimum atomic E-state index is -0.875. The average Bonchev–Trinajstić information content (AvgIpc) is 2.38. The molecule has 0 heterocycles. The molecule has 0 radical (unpaired) electrons. The van der Waals surface area contributed by atoms with Gasteiger partial charge < -0.3 is 15.2 Å². The SMILES string of the molecule is CCC(C)(OC)C(=O)NC1CCCCC1C(=O)O. The maximum Gasteiger partial charge on any atom is 0.308 e. The number of ether oxygens (including phenoxy) is 1. The first-order valence-corrected chi connectivity index (χ1v) is 6.53. The van der Waals surface area contributed by atoms with Crippen molar-refractivity contribution in [2.75, 3.05) is 7.11 Å². The Morgan fingerprint density at radius 2 is 2.00 bits per heavy atom. The van der Waals surface area contributed by atoms with Gasteiger partial charge in [0.15, 0.2) is 0 Å². The van der Waals surface area contributed by atoms with Crippen LogP contribution >= 0.6 is 0 Å². The van der Waals surface area contributed by atoms with E-state index in [2.05, 4.69) is 5.32 Å². The predicted molar refractivity (Wildman–Crippen MR) is 67.2 cm³/mol. The van der Waals surface area contributed by atoms with Gasteiger partial charge in [0.25, 0.3) is 5.91 Å². The highest BCUT2D eigenvalue weighted by Crippen LogP contribution is 2.25. The summed E-state index contributed by atoms with van der Waals surface area (Å²) >= 11 is 0. The lowest BCUT2D eigenvalue weighted by Gasteiger charge is -2.33. The third-order valence-corrected chi connectivity index (χ3v) is 4.01. The lowest BCUT2D eigenvalue weighted by molar-refractivity contribution is -0.147. The van der Waals surface area contributed by atoms with E-state index in [1.165, 1.54) is 7.11 Å². The molecule has 1 aliphatic rings. The van der Waals surface area contributed by atoms with Gasteiger partial charge in [-0.3, -0.25) is 9.59 Å². The van der Waals surface area contributed by atoms with Gasteiger partial charge >= 0.3 is 5.97 Å². The average molecular weight is 257 g/mol. The number of nitrogens with one attached hydrogen (secondary N) is 1. The van der Waals surface area contributed by atoms with Gasteiger partial charge in [-0.15, -0.1) is 0 Å². The highest BCUT2D eigenvalue weighted by atomic mass is 16.5. The normalized spacial score (nSPS) is 27.3. The Morgan fingerprint density at radius 3 is 2.50 bits per heavy atom. The molecule has 0 bridgehead atoms. The van der Waals surface area contributed by atoms with Gasteiger partial charge in [0, 0.05) is 13.2 Å². The predicted octanol–water partition coefficient (Wildman–Crippen LogP) is 1.56. The fraction of sp³-hybridized carbons (Fsp3) is 0.846. The van der Waals surface area contributed by atoms with Crippen LogP contribution in [0.2, 0.25) is 0 Å². The van der Waals surface area contributed by atoms with Crippen molar-refractivity contribution in [3.63, 3.8) is 0 Å². The number of carbonyl (C=O) groups excluding carboxylic acids is 1. The summed E-state index contributed by atoms with van der Waals surface area (Å²) in [6.45, 7) is 3.60. The number of carbonyl (C=O) groups is 2. The molecule has 0 aromatic heterocycles. The number of carboxylic acids is 1. The lowest BCUT2D eigenvalue weighted by atomic mass is 9.84. The van der Waals surface area contributed by atoms with Crippen LogP contribution in [0.25, 0.3) is 0 Å². The van der Waals surface area contributed by atoms with Gasteiger partial charge in [-0.2, -0.15) is 0 Å². The molecule has 1 aliphatic carbocycles. The van der Waals surface area contributed by atoms with Crippen molar-refractivity contribution in [1.29, 1.82) is 0 Å². The van der Waals surface area contributed by atoms with Gasteiger partial charge in [-0.05, 0) is 26.2 Å². The lowest BCUT2D eigenvalue weighted by Crippen LogP contribution is -2.53. The van der Waals surface area contributed by atoms with Crippen molar-refractivity contribution in [1.82, 2.24) is 5.32 Å². The Bertz CT molecular complexity index is 312. The second-order valence-corrected chi connectivity index (χ2v) is 5.10. The standard InChI is InChI=1S/C13H23NO4/c1-4-13(2,18-3)12(17)14-10-8-6-5-7-9(10)11(15)16/h9-10H,4-8H2,1-3H3,(H,14,17)(H,15,16). The number of carboxylic acid groups (broad SMARTS) is 1. The molecule has 1 saturated carbocycles. The first-order valence-electron chi connectivity index (χ1n) is 6.53. The summed E-state index contributed by atoms with van der Waals surface area (Å²) in [5.74, 6) is -1.51. The van der Waals surface area contributed by atoms with Crippen LogP contribution in [0.3, 0.4) is 0 Å². The third-order valence-electron chi connectivity index (χ3n) is 4.01. The quantitative estimate of drug-likeness (QED) is 0.783. The van der Waals surface area contributed by atoms with Gasteiger partial charge in [0.2, 0.25) is 0 Å². The first kappa shape index (κ1) is 15.0. The number of rotatable bonds is 5. The fourth-order valence-electron chi connectivity index (χ4n) is 2.32. The van der Waals surface area contributed by atoms with Crippen LogP contribution in [-0.4, -0.2) is 35.7 Å². The molecule has 0 aromatic carbocycles. The molecule has 2 N–H and O–H groups in total. The number of amides is 1. The summed E-state index contributed by atoms with van der Waals surface area (Å²) in [6.07, 6.45) is 3.80. The summed E-state index contributed by atoms with van der Waals surface area (Å²) in [5, 5.41) is 12.0. The molecule has 5 heteroatoms. The van der Waals surface area contributed by atoms with E-state index in [4.69, 9.17) is 9.84 Å². The molecule has 1 fully saturated rings. The second kappa shape index (κ2) is 6.18. The zero-order chi connectivity index (χ0) is 13.8. The van der Waals surface area contributed by atoms with E-state index in [1.54, 1.807) is 6.92 Å². The summed E-state index contributed by atoms with van der Waals surface area (Å²) in [7, 11) is 1.50. The zero-order valence-electron chi connectivity index (χ0n) is 11.4.